The van der Waals surface area contributed by atoms with Crippen molar-refractivity contribution in [2.24, 2.45) is 0 Å². The number of rotatable bonds is 2. The van der Waals surface area contributed by atoms with E-state index in [4.69, 9.17) is 0 Å². The Morgan fingerprint density at radius 2 is 2.50 bits per heavy atom. The van der Waals surface area contributed by atoms with Crippen LogP contribution in [0.4, 0.5) is 5.69 Å². The first-order valence-corrected chi connectivity index (χ1v) is 5.20. The maximum atomic E-state index is 10.9. The topological polar surface area (TPSA) is 71.3 Å². The lowest BCUT2D eigenvalue weighted by Gasteiger charge is -2.32. The van der Waals surface area contributed by atoms with Crippen LogP contribution in [0.5, 0.6) is 0 Å². The summed E-state index contributed by atoms with van der Waals surface area (Å²) in [6, 6.07) is 3.08. The number of hydrogen-bond acceptors (Lipinski definition) is 5. The fraction of sp³-hybridized carbons (Fsp3) is 0.500. The molecular weight excluding hydrogens is 208 g/mol. The average Bonchev–Trinajstić information content (AvgIpc) is 2.29. The molecule has 6 heteroatoms. The Hall–Kier alpha value is -1.53. The van der Waals surface area contributed by atoms with E-state index in [0.29, 0.717) is 12.2 Å². The summed E-state index contributed by atoms with van der Waals surface area (Å²) in [6.45, 7) is 2.49. The number of nitro groups is 1. The summed E-state index contributed by atoms with van der Waals surface area (Å²) in [5.74, 6) is 0. The molecule has 1 N–H and O–H groups in total. The SMILES string of the molecule is CN1CCNCC1c1ncccc1[N+](=O)[O-]. The highest BCUT2D eigenvalue weighted by atomic mass is 16.6. The number of nitrogens with zero attached hydrogens (tertiary/aromatic N) is 3. The predicted octanol–water partition coefficient (Wildman–Crippen LogP) is 0.566. The Morgan fingerprint density at radius 1 is 1.69 bits per heavy atom. The van der Waals surface area contributed by atoms with Gasteiger partial charge in [0, 0.05) is 31.9 Å². The summed E-state index contributed by atoms with van der Waals surface area (Å²) in [4.78, 5) is 16.8. The number of hydrogen-bond donors (Lipinski definition) is 1. The molecule has 0 amide bonds. The van der Waals surface area contributed by atoms with Crippen LogP contribution in [0.15, 0.2) is 18.3 Å². The van der Waals surface area contributed by atoms with Crippen LogP contribution >= 0.6 is 0 Å². The largest absolute Gasteiger partial charge is 0.313 e. The minimum Gasteiger partial charge on any atom is -0.313 e. The molecule has 86 valence electrons. The van der Waals surface area contributed by atoms with Gasteiger partial charge in [0.2, 0.25) is 0 Å². The van der Waals surface area contributed by atoms with Crippen LogP contribution < -0.4 is 5.32 Å². The molecule has 2 rings (SSSR count). The summed E-state index contributed by atoms with van der Waals surface area (Å²) < 4.78 is 0. The van der Waals surface area contributed by atoms with Crippen molar-refractivity contribution in [1.29, 1.82) is 0 Å². The molecular formula is C10H14N4O2. The second-order valence-corrected chi connectivity index (χ2v) is 3.87. The predicted molar refractivity (Wildman–Crippen MR) is 59.1 cm³/mol. The van der Waals surface area contributed by atoms with Gasteiger partial charge in [-0.15, -0.1) is 0 Å². The minimum absolute atomic E-state index is 0.0182. The third-order valence-corrected chi connectivity index (χ3v) is 2.84. The lowest BCUT2D eigenvalue weighted by atomic mass is 10.1. The van der Waals surface area contributed by atoms with Crippen molar-refractivity contribution in [3.05, 3.63) is 34.1 Å². The molecule has 2 heterocycles. The first kappa shape index (κ1) is 11.0. The van der Waals surface area contributed by atoms with Crippen molar-refractivity contribution in [2.75, 3.05) is 26.7 Å². The fourth-order valence-electron chi connectivity index (χ4n) is 1.93. The molecule has 1 aliphatic rings. The Morgan fingerprint density at radius 3 is 3.19 bits per heavy atom. The summed E-state index contributed by atoms with van der Waals surface area (Å²) in [7, 11) is 1.96. The number of piperazine rings is 1. The summed E-state index contributed by atoms with van der Waals surface area (Å²) >= 11 is 0. The van der Waals surface area contributed by atoms with Gasteiger partial charge in [-0.3, -0.25) is 20.0 Å². The summed E-state index contributed by atoms with van der Waals surface area (Å²) in [6.07, 6.45) is 1.60. The Balaban J connectivity index is 2.34. The Labute approximate surface area is 93.4 Å². The highest BCUT2D eigenvalue weighted by Gasteiger charge is 2.28. The molecule has 1 atom stereocenters. The van der Waals surface area contributed by atoms with Crippen molar-refractivity contribution >= 4 is 5.69 Å². The first-order chi connectivity index (χ1) is 7.70. The molecule has 16 heavy (non-hydrogen) atoms. The number of aromatic nitrogens is 1. The molecule has 1 aromatic rings. The van der Waals surface area contributed by atoms with Crippen LogP contribution in [0, 0.1) is 10.1 Å². The maximum absolute atomic E-state index is 10.9. The van der Waals surface area contributed by atoms with Crippen molar-refractivity contribution in [2.45, 2.75) is 6.04 Å². The molecule has 0 bridgehead atoms. The van der Waals surface area contributed by atoms with E-state index in [1.165, 1.54) is 6.07 Å². The van der Waals surface area contributed by atoms with E-state index in [1.807, 2.05) is 7.05 Å². The van der Waals surface area contributed by atoms with E-state index in [9.17, 15) is 10.1 Å². The average molecular weight is 222 g/mol. The van der Waals surface area contributed by atoms with Gasteiger partial charge < -0.3 is 5.32 Å². The van der Waals surface area contributed by atoms with Gasteiger partial charge >= 0.3 is 0 Å². The third kappa shape index (κ3) is 2.02. The van der Waals surface area contributed by atoms with Gasteiger partial charge in [-0.25, -0.2) is 0 Å². The van der Waals surface area contributed by atoms with Crippen molar-refractivity contribution in [3.8, 4) is 0 Å². The summed E-state index contributed by atoms with van der Waals surface area (Å²) in [5.41, 5.74) is 0.644. The van der Waals surface area contributed by atoms with Crippen LogP contribution in [0.25, 0.3) is 0 Å². The zero-order valence-corrected chi connectivity index (χ0v) is 9.09. The standard InChI is InChI=1S/C10H14N4O2/c1-13-6-5-11-7-9(13)10-8(14(15)16)3-2-4-12-10/h2-4,9,11H,5-7H2,1H3. The molecule has 1 aromatic heterocycles. The highest BCUT2D eigenvalue weighted by molar-refractivity contribution is 5.37. The van der Waals surface area contributed by atoms with Gasteiger partial charge in [0.15, 0.2) is 0 Å². The van der Waals surface area contributed by atoms with E-state index in [-0.39, 0.29) is 16.7 Å². The first-order valence-electron chi connectivity index (χ1n) is 5.20. The van der Waals surface area contributed by atoms with Crippen LogP contribution in [0.3, 0.4) is 0 Å². The van der Waals surface area contributed by atoms with E-state index in [0.717, 1.165) is 13.1 Å². The normalized spacial score (nSPS) is 21.9. The third-order valence-electron chi connectivity index (χ3n) is 2.84. The zero-order chi connectivity index (χ0) is 11.5. The molecule has 0 aliphatic carbocycles. The summed E-state index contributed by atoms with van der Waals surface area (Å²) in [5, 5.41) is 14.1. The molecule has 0 radical (unpaired) electrons. The molecule has 0 aromatic carbocycles. The van der Waals surface area contributed by atoms with Crippen molar-refractivity contribution < 1.29 is 4.92 Å². The van der Waals surface area contributed by atoms with Crippen LogP contribution in [0.1, 0.15) is 11.7 Å². The molecule has 1 fully saturated rings. The van der Waals surface area contributed by atoms with Gasteiger partial charge in [-0.1, -0.05) is 0 Å². The van der Waals surface area contributed by atoms with Gasteiger partial charge in [0.1, 0.15) is 5.69 Å². The van der Waals surface area contributed by atoms with E-state index in [2.05, 4.69) is 15.2 Å². The lowest BCUT2D eigenvalue weighted by molar-refractivity contribution is -0.386. The zero-order valence-electron chi connectivity index (χ0n) is 9.09. The smallest absolute Gasteiger partial charge is 0.292 e. The Kier molecular flexibility index (Phi) is 3.12. The molecule has 0 spiro atoms. The van der Waals surface area contributed by atoms with Gasteiger partial charge in [0.25, 0.3) is 5.69 Å². The molecule has 6 nitrogen and oxygen atoms in total. The maximum Gasteiger partial charge on any atom is 0.292 e. The lowest BCUT2D eigenvalue weighted by Crippen LogP contribution is -2.44. The van der Waals surface area contributed by atoms with E-state index in [1.54, 1.807) is 12.3 Å². The number of pyridine rings is 1. The monoisotopic (exact) mass is 222 g/mol. The molecule has 1 aliphatic heterocycles. The highest BCUT2D eigenvalue weighted by Crippen LogP contribution is 2.26. The van der Waals surface area contributed by atoms with Crippen LogP contribution in [-0.2, 0) is 0 Å². The van der Waals surface area contributed by atoms with E-state index >= 15 is 0 Å². The van der Waals surface area contributed by atoms with Crippen molar-refractivity contribution in [3.63, 3.8) is 0 Å². The van der Waals surface area contributed by atoms with E-state index < -0.39 is 0 Å². The number of likely N-dealkylation sites (N-methyl/N-ethyl adjacent to an activating group) is 1. The molecule has 1 unspecified atom stereocenters. The van der Waals surface area contributed by atoms with Gasteiger partial charge in [-0.2, -0.15) is 0 Å². The Bertz CT molecular complexity index is 396. The van der Waals surface area contributed by atoms with Gasteiger partial charge in [-0.05, 0) is 13.1 Å². The quantitative estimate of drug-likeness (QED) is 0.585. The minimum atomic E-state index is -0.370. The number of nitrogens with one attached hydrogen (secondary N) is 1. The van der Waals surface area contributed by atoms with Crippen molar-refractivity contribution in [1.82, 2.24) is 15.2 Å². The van der Waals surface area contributed by atoms with Crippen LogP contribution in [-0.4, -0.2) is 41.5 Å². The molecule has 0 saturated carbocycles. The second-order valence-electron chi connectivity index (χ2n) is 3.87. The molecule has 1 saturated heterocycles. The van der Waals surface area contributed by atoms with Crippen LogP contribution in [0.2, 0.25) is 0 Å². The van der Waals surface area contributed by atoms with Gasteiger partial charge in [0.05, 0.1) is 11.0 Å². The second kappa shape index (κ2) is 4.54. The fourth-order valence-corrected chi connectivity index (χ4v) is 1.93.